The standard InChI is InChI=1S/C23H31N5O4S/c1-4-33(30,31)23(10-5-11-23)19-14-20(28-12-13-32-15-16(28)2)27-21(26-19)17-6-8-18(9-7-17)25-22(29)24-3/h6-9,14,16H,4-5,10-13,15H2,1-3H3,(H2,24,25,29)/t16-/m0/s1. The molecule has 178 valence electrons. The van der Waals surface area contributed by atoms with Gasteiger partial charge in [-0.3, -0.25) is 0 Å². The van der Waals surface area contributed by atoms with Crippen LogP contribution in [0.2, 0.25) is 0 Å². The lowest BCUT2D eigenvalue weighted by Crippen LogP contribution is -2.46. The Balaban J connectivity index is 1.79. The molecule has 1 saturated carbocycles. The highest BCUT2D eigenvalue weighted by atomic mass is 32.2. The third-order valence-electron chi connectivity index (χ3n) is 6.61. The summed E-state index contributed by atoms with van der Waals surface area (Å²) in [5, 5.41) is 5.25. The van der Waals surface area contributed by atoms with E-state index in [4.69, 9.17) is 14.7 Å². The van der Waals surface area contributed by atoms with Crippen molar-refractivity contribution in [1.82, 2.24) is 15.3 Å². The maximum absolute atomic E-state index is 13.1. The Morgan fingerprint density at radius 2 is 1.97 bits per heavy atom. The fourth-order valence-corrected chi connectivity index (χ4v) is 6.29. The van der Waals surface area contributed by atoms with Crippen LogP contribution in [0.5, 0.6) is 0 Å². The van der Waals surface area contributed by atoms with E-state index in [0.717, 1.165) is 17.8 Å². The van der Waals surface area contributed by atoms with Crippen LogP contribution in [0.15, 0.2) is 30.3 Å². The predicted octanol–water partition coefficient (Wildman–Crippen LogP) is 2.93. The molecule has 2 aliphatic rings. The summed E-state index contributed by atoms with van der Waals surface area (Å²) >= 11 is 0. The minimum Gasteiger partial charge on any atom is -0.377 e. The summed E-state index contributed by atoms with van der Waals surface area (Å²) in [5.74, 6) is 1.27. The van der Waals surface area contributed by atoms with Gasteiger partial charge < -0.3 is 20.3 Å². The second-order valence-electron chi connectivity index (χ2n) is 8.59. The van der Waals surface area contributed by atoms with Gasteiger partial charge in [-0.25, -0.2) is 23.2 Å². The van der Waals surface area contributed by atoms with E-state index >= 15 is 0 Å². The van der Waals surface area contributed by atoms with Gasteiger partial charge in [-0.05, 0) is 50.5 Å². The fraction of sp³-hybridized carbons (Fsp3) is 0.522. The number of aromatic nitrogens is 2. The van der Waals surface area contributed by atoms with Gasteiger partial charge in [-0.2, -0.15) is 0 Å². The highest BCUT2D eigenvalue weighted by molar-refractivity contribution is 7.92. The average molecular weight is 474 g/mol. The van der Waals surface area contributed by atoms with E-state index in [1.807, 2.05) is 18.2 Å². The Morgan fingerprint density at radius 1 is 1.24 bits per heavy atom. The number of hydrogen-bond donors (Lipinski definition) is 2. The number of benzene rings is 1. The zero-order valence-corrected chi connectivity index (χ0v) is 20.1. The molecule has 33 heavy (non-hydrogen) atoms. The molecule has 2 amide bonds. The third-order valence-corrected chi connectivity index (χ3v) is 9.17. The van der Waals surface area contributed by atoms with E-state index in [9.17, 15) is 13.2 Å². The van der Waals surface area contributed by atoms with E-state index in [2.05, 4.69) is 22.5 Å². The molecule has 2 fully saturated rings. The topological polar surface area (TPSA) is 114 Å². The lowest BCUT2D eigenvalue weighted by atomic mass is 9.81. The van der Waals surface area contributed by atoms with Gasteiger partial charge in [0.2, 0.25) is 0 Å². The number of rotatable bonds is 6. The molecule has 2 N–H and O–H groups in total. The minimum absolute atomic E-state index is 0.0789. The van der Waals surface area contributed by atoms with Crippen LogP contribution in [-0.2, 0) is 19.3 Å². The van der Waals surface area contributed by atoms with Crippen LogP contribution >= 0.6 is 0 Å². The Labute approximate surface area is 194 Å². The van der Waals surface area contributed by atoms with Crippen LogP contribution in [-0.4, -0.2) is 63.0 Å². The molecule has 10 heteroatoms. The Bertz CT molecular complexity index is 1120. The maximum atomic E-state index is 13.1. The number of morpholine rings is 1. The van der Waals surface area contributed by atoms with Gasteiger partial charge in [-0.1, -0.05) is 6.92 Å². The highest BCUT2D eigenvalue weighted by Gasteiger charge is 2.51. The van der Waals surface area contributed by atoms with E-state index in [-0.39, 0.29) is 17.8 Å². The monoisotopic (exact) mass is 473 g/mol. The number of hydrogen-bond acceptors (Lipinski definition) is 7. The number of nitrogens with zero attached hydrogens (tertiary/aromatic N) is 3. The molecule has 4 rings (SSSR count). The Kier molecular flexibility index (Phi) is 6.58. The largest absolute Gasteiger partial charge is 0.377 e. The molecule has 1 atom stereocenters. The van der Waals surface area contributed by atoms with Gasteiger partial charge in [0.25, 0.3) is 0 Å². The van der Waals surface area contributed by atoms with Gasteiger partial charge in [0, 0.05) is 36.7 Å². The third kappa shape index (κ3) is 4.41. The van der Waals surface area contributed by atoms with E-state index in [0.29, 0.717) is 49.8 Å². The minimum atomic E-state index is -3.35. The first-order chi connectivity index (χ1) is 15.8. The van der Waals surface area contributed by atoms with Gasteiger partial charge in [-0.15, -0.1) is 0 Å². The number of carbonyl (C=O) groups is 1. The van der Waals surface area contributed by atoms with Crippen LogP contribution in [0.4, 0.5) is 16.3 Å². The summed E-state index contributed by atoms with van der Waals surface area (Å²) in [4.78, 5) is 23.4. The molecule has 1 saturated heterocycles. The lowest BCUT2D eigenvalue weighted by molar-refractivity contribution is 0.0985. The van der Waals surface area contributed by atoms with Gasteiger partial charge in [0.05, 0.1) is 24.9 Å². The van der Waals surface area contributed by atoms with E-state index in [1.54, 1.807) is 26.1 Å². The van der Waals surface area contributed by atoms with Crippen molar-refractivity contribution in [3.8, 4) is 11.4 Å². The van der Waals surface area contributed by atoms with Crippen LogP contribution in [0, 0.1) is 0 Å². The summed E-state index contributed by atoms with van der Waals surface area (Å²) in [7, 11) is -1.79. The molecule has 0 unspecified atom stereocenters. The van der Waals surface area contributed by atoms with E-state index in [1.165, 1.54) is 0 Å². The van der Waals surface area contributed by atoms with Crippen LogP contribution in [0.1, 0.15) is 38.8 Å². The SMILES string of the molecule is CCS(=O)(=O)C1(c2cc(N3CCOC[C@@H]3C)nc(-c3ccc(NC(=O)NC)cc3)n2)CCC1. The van der Waals surface area contributed by atoms with Crippen molar-refractivity contribution >= 4 is 27.4 Å². The molecule has 1 aliphatic heterocycles. The number of amides is 2. The molecular formula is C23H31N5O4S. The molecular weight excluding hydrogens is 442 g/mol. The zero-order valence-electron chi connectivity index (χ0n) is 19.3. The summed E-state index contributed by atoms with van der Waals surface area (Å²) < 4.78 is 30.9. The predicted molar refractivity (Wildman–Crippen MR) is 128 cm³/mol. The van der Waals surface area contributed by atoms with Gasteiger partial charge in [0.1, 0.15) is 10.6 Å². The molecule has 0 radical (unpaired) electrons. The first-order valence-corrected chi connectivity index (χ1v) is 13.0. The van der Waals surface area contributed by atoms with Crippen molar-refractivity contribution in [2.24, 2.45) is 0 Å². The maximum Gasteiger partial charge on any atom is 0.318 e. The van der Waals surface area contributed by atoms with Crippen molar-refractivity contribution < 1.29 is 17.9 Å². The molecule has 9 nitrogen and oxygen atoms in total. The van der Waals surface area contributed by atoms with Crippen LogP contribution in [0.25, 0.3) is 11.4 Å². The van der Waals surface area contributed by atoms with Crippen molar-refractivity contribution in [2.75, 3.05) is 42.8 Å². The second-order valence-corrected chi connectivity index (χ2v) is 11.2. The quantitative estimate of drug-likeness (QED) is 0.663. The first kappa shape index (κ1) is 23.4. The lowest BCUT2D eigenvalue weighted by Gasteiger charge is -2.41. The number of urea groups is 1. The van der Waals surface area contributed by atoms with Crippen molar-refractivity contribution in [3.63, 3.8) is 0 Å². The summed E-state index contributed by atoms with van der Waals surface area (Å²) in [6, 6.07) is 8.89. The number of carbonyl (C=O) groups excluding carboxylic acids is 1. The summed E-state index contributed by atoms with van der Waals surface area (Å²) in [5.41, 5.74) is 1.96. The van der Waals surface area contributed by atoms with E-state index < -0.39 is 14.6 Å². The number of anilines is 2. The van der Waals surface area contributed by atoms with Gasteiger partial charge in [0.15, 0.2) is 15.7 Å². The number of nitrogens with one attached hydrogen (secondary N) is 2. The molecule has 1 aromatic carbocycles. The highest BCUT2D eigenvalue weighted by Crippen LogP contribution is 2.48. The van der Waals surface area contributed by atoms with Crippen molar-refractivity contribution in [1.29, 1.82) is 0 Å². The summed E-state index contributed by atoms with van der Waals surface area (Å²) in [6.45, 7) is 5.63. The van der Waals surface area contributed by atoms with Crippen LogP contribution in [0.3, 0.4) is 0 Å². The van der Waals surface area contributed by atoms with Gasteiger partial charge >= 0.3 is 6.03 Å². The normalized spacial score (nSPS) is 20.1. The van der Waals surface area contributed by atoms with Crippen molar-refractivity contribution in [2.45, 2.75) is 43.9 Å². The summed E-state index contributed by atoms with van der Waals surface area (Å²) in [6.07, 6.45) is 2.02. The number of ether oxygens (including phenoxy) is 1. The molecule has 0 bridgehead atoms. The molecule has 2 aromatic rings. The zero-order chi connectivity index (χ0) is 23.6. The first-order valence-electron chi connectivity index (χ1n) is 11.3. The Morgan fingerprint density at radius 3 is 2.55 bits per heavy atom. The molecule has 0 spiro atoms. The molecule has 2 heterocycles. The molecule has 1 aromatic heterocycles. The van der Waals surface area contributed by atoms with Crippen molar-refractivity contribution in [3.05, 3.63) is 36.0 Å². The average Bonchev–Trinajstić information content (AvgIpc) is 2.78. The fourth-order valence-electron chi connectivity index (χ4n) is 4.41. The second kappa shape index (κ2) is 9.26. The van der Waals surface area contributed by atoms with Crippen LogP contribution < -0.4 is 15.5 Å². The molecule has 1 aliphatic carbocycles. The number of sulfone groups is 1. The smallest absolute Gasteiger partial charge is 0.318 e. The Hall–Kier alpha value is -2.72.